The number of halogens is 1. The molecule has 6 nitrogen and oxygen atoms in total. The number of aryl methyl sites for hydroxylation is 1. The van der Waals surface area contributed by atoms with Gasteiger partial charge in [-0.2, -0.15) is 4.98 Å². The molecule has 3 aromatic rings. The summed E-state index contributed by atoms with van der Waals surface area (Å²) in [5.41, 5.74) is 13.9. The molecule has 0 atom stereocenters. The highest BCUT2D eigenvalue weighted by Crippen LogP contribution is 2.30. The number of hydrogen-bond acceptors (Lipinski definition) is 6. The van der Waals surface area contributed by atoms with Gasteiger partial charge in [0.1, 0.15) is 17.4 Å². The van der Waals surface area contributed by atoms with Crippen LogP contribution in [0.1, 0.15) is 24.0 Å². The zero-order valence-corrected chi connectivity index (χ0v) is 16.6. The van der Waals surface area contributed by atoms with E-state index in [0.29, 0.717) is 47.1 Å². The first-order valence-electron chi connectivity index (χ1n) is 9.92. The molecule has 0 radical (unpaired) electrons. The van der Waals surface area contributed by atoms with Crippen LogP contribution >= 0.6 is 0 Å². The first kappa shape index (κ1) is 19.4. The molecule has 0 saturated carbocycles. The minimum absolute atomic E-state index is 0.0886. The molecule has 0 amide bonds. The lowest BCUT2D eigenvalue weighted by atomic mass is 9.97. The molecule has 2 aromatic carbocycles. The third-order valence-corrected chi connectivity index (χ3v) is 5.58. The van der Waals surface area contributed by atoms with Gasteiger partial charge in [-0.3, -0.25) is 4.90 Å². The number of piperidine rings is 1. The van der Waals surface area contributed by atoms with Crippen LogP contribution in [-0.4, -0.2) is 34.6 Å². The van der Waals surface area contributed by atoms with Crippen LogP contribution in [0.15, 0.2) is 36.4 Å². The average Bonchev–Trinajstić information content (AvgIpc) is 2.70. The quantitative estimate of drug-likeness (QED) is 0.687. The van der Waals surface area contributed by atoms with Crippen LogP contribution in [-0.2, 0) is 6.54 Å². The lowest BCUT2D eigenvalue weighted by Crippen LogP contribution is -2.35. The number of likely N-dealkylation sites (tertiary alicyclic amines) is 1. The standard InChI is InChI=1S/C22H26FN5O/c1-14-4-2-5-16(20(14)23)12-28-10-8-15(9-11-28)13-29-18-7-3-6-17-19(18)21(24)27-22(25)26-17/h2-7,15H,8-13H2,1H3,(H4,24,25,26,27). The second-order valence-corrected chi connectivity index (χ2v) is 7.70. The number of aromatic nitrogens is 2. The average molecular weight is 395 g/mol. The molecule has 0 aliphatic carbocycles. The van der Waals surface area contributed by atoms with Crippen molar-refractivity contribution in [3.8, 4) is 5.75 Å². The van der Waals surface area contributed by atoms with Gasteiger partial charge >= 0.3 is 0 Å². The third kappa shape index (κ3) is 4.24. The van der Waals surface area contributed by atoms with Crippen LogP contribution in [0.5, 0.6) is 5.75 Å². The van der Waals surface area contributed by atoms with Crippen molar-refractivity contribution in [2.24, 2.45) is 5.92 Å². The maximum absolute atomic E-state index is 14.3. The maximum atomic E-state index is 14.3. The van der Waals surface area contributed by atoms with Crippen LogP contribution < -0.4 is 16.2 Å². The molecule has 0 bridgehead atoms. The topological polar surface area (TPSA) is 90.3 Å². The van der Waals surface area contributed by atoms with Gasteiger partial charge in [-0.1, -0.05) is 24.3 Å². The number of nitrogens with two attached hydrogens (primary N) is 2. The van der Waals surface area contributed by atoms with E-state index in [1.807, 2.05) is 43.3 Å². The van der Waals surface area contributed by atoms with Crippen molar-refractivity contribution in [1.29, 1.82) is 0 Å². The zero-order chi connectivity index (χ0) is 20.4. The molecule has 1 fully saturated rings. The SMILES string of the molecule is Cc1cccc(CN2CCC(COc3cccc4nc(N)nc(N)c34)CC2)c1F. The first-order valence-corrected chi connectivity index (χ1v) is 9.92. The van der Waals surface area contributed by atoms with Crippen molar-refractivity contribution < 1.29 is 9.13 Å². The van der Waals surface area contributed by atoms with Gasteiger partial charge in [0.05, 0.1) is 17.5 Å². The monoisotopic (exact) mass is 395 g/mol. The molecular weight excluding hydrogens is 369 g/mol. The number of ether oxygens (including phenoxy) is 1. The van der Waals surface area contributed by atoms with E-state index in [4.69, 9.17) is 16.2 Å². The van der Waals surface area contributed by atoms with Crippen LogP contribution in [0.2, 0.25) is 0 Å². The highest BCUT2D eigenvalue weighted by Gasteiger charge is 2.21. The summed E-state index contributed by atoms with van der Waals surface area (Å²) in [5, 5.41) is 0.703. The predicted molar refractivity (Wildman–Crippen MR) is 113 cm³/mol. The molecule has 1 aromatic heterocycles. The second kappa shape index (κ2) is 8.21. The van der Waals surface area contributed by atoms with Gasteiger partial charge in [-0.15, -0.1) is 0 Å². The fourth-order valence-corrected chi connectivity index (χ4v) is 3.91. The minimum Gasteiger partial charge on any atom is -0.492 e. The molecule has 1 aliphatic rings. The van der Waals surface area contributed by atoms with Gasteiger partial charge in [-0.25, -0.2) is 9.37 Å². The first-order chi connectivity index (χ1) is 14.0. The number of anilines is 2. The Balaban J connectivity index is 1.35. The van der Waals surface area contributed by atoms with Gasteiger partial charge in [-0.05, 0) is 56.5 Å². The summed E-state index contributed by atoms with van der Waals surface area (Å²) in [6.07, 6.45) is 2.02. The fourth-order valence-electron chi connectivity index (χ4n) is 3.91. The Morgan fingerprint density at radius 3 is 2.66 bits per heavy atom. The summed E-state index contributed by atoms with van der Waals surface area (Å²) in [6.45, 7) is 4.93. The highest BCUT2D eigenvalue weighted by molar-refractivity contribution is 5.94. The molecule has 0 spiro atoms. The van der Waals surface area contributed by atoms with Crippen LogP contribution in [0.3, 0.4) is 0 Å². The minimum atomic E-state index is -0.0886. The fraction of sp³-hybridized carbons (Fsp3) is 0.364. The summed E-state index contributed by atoms with van der Waals surface area (Å²) >= 11 is 0. The van der Waals surface area contributed by atoms with E-state index >= 15 is 0 Å². The van der Waals surface area contributed by atoms with Crippen molar-refractivity contribution in [3.63, 3.8) is 0 Å². The molecule has 0 unspecified atom stereocenters. The van der Waals surface area contributed by atoms with Gasteiger partial charge < -0.3 is 16.2 Å². The normalized spacial score (nSPS) is 15.7. The number of rotatable bonds is 5. The van der Waals surface area contributed by atoms with Gasteiger partial charge in [0.25, 0.3) is 0 Å². The molecule has 2 heterocycles. The summed E-state index contributed by atoms with van der Waals surface area (Å²) < 4.78 is 20.3. The van der Waals surface area contributed by atoms with Crippen molar-refractivity contribution in [2.45, 2.75) is 26.3 Å². The molecule has 7 heteroatoms. The molecule has 4 N–H and O–H groups in total. The largest absolute Gasteiger partial charge is 0.492 e. The van der Waals surface area contributed by atoms with Crippen molar-refractivity contribution in [3.05, 3.63) is 53.3 Å². The van der Waals surface area contributed by atoms with Crippen molar-refractivity contribution >= 4 is 22.7 Å². The van der Waals surface area contributed by atoms with E-state index in [9.17, 15) is 4.39 Å². The lowest BCUT2D eigenvalue weighted by molar-refractivity contribution is 0.136. The molecule has 29 heavy (non-hydrogen) atoms. The number of nitrogens with zero attached hydrogens (tertiary/aromatic N) is 3. The van der Waals surface area contributed by atoms with E-state index in [1.54, 1.807) is 0 Å². The Hall–Kier alpha value is -2.93. The van der Waals surface area contributed by atoms with E-state index in [1.165, 1.54) is 0 Å². The third-order valence-electron chi connectivity index (χ3n) is 5.58. The van der Waals surface area contributed by atoms with Gasteiger partial charge in [0.2, 0.25) is 5.95 Å². The predicted octanol–water partition coefficient (Wildman–Crippen LogP) is 3.53. The Morgan fingerprint density at radius 2 is 1.86 bits per heavy atom. The van der Waals surface area contributed by atoms with Crippen LogP contribution in [0.25, 0.3) is 10.9 Å². The van der Waals surface area contributed by atoms with Crippen molar-refractivity contribution in [2.75, 3.05) is 31.2 Å². The van der Waals surface area contributed by atoms with Gasteiger partial charge in [0, 0.05) is 12.1 Å². The van der Waals surface area contributed by atoms with Crippen LogP contribution in [0, 0.1) is 18.7 Å². The summed E-state index contributed by atoms with van der Waals surface area (Å²) in [6, 6.07) is 11.2. The van der Waals surface area contributed by atoms with E-state index in [2.05, 4.69) is 14.9 Å². The number of benzene rings is 2. The molecule has 152 valence electrons. The highest BCUT2D eigenvalue weighted by atomic mass is 19.1. The van der Waals surface area contributed by atoms with Gasteiger partial charge in [0.15, 0.2) is 0 Å². The zero-order valence-electron chi connectivity index (χ0n) is 16.6. The van der Waals surface area contributed by atoms with E-state index in [-0.39, 0.29) is 11.8 Å². The number of hydrogen-bond donors (Lipinski definition) is 2. The lowest BCUT2D eigenvalue weighted by Gasteiger charge is -2.32. The molecule has 4 rings (SSSR count). The summed E-state index contributed by atoms with van der Waals surface area (Å²) in [7, 11) is 0. The smallest absolute Gasteiger partial charge is 0.222 e. The summed E-state index contributed by atoms with van der Waals surface area (Å²) in [5.74, 6) is 1.53. The Morgan fingerprint density at radius 1 is 1.10 bits per heavy atom. The molecular formula is C22H26FN5O. The molecule has 1 saturated heterocycles. The summed E-state index contributed by atoms with van der Waals surface area (Å²) in [4.78, 5) is 10.6. The van der Waals surface area contributed by atoms with Crippen LogP contribution in [0.4, 0.5) is 16.2 Å². The van der Waals surface area contributed by atoms with Crippen molar-refractivity contribution in [1.82, 2.24) is 14.9 Å². The van der Waals surface area contributed by atoms with E-state index < -0.39 is 0 Å². The number of nitrogen functional groups attached to an aromatic ring is 2. The van der Waals surface area contributed by atoms with E-state index in [0.717, 1.165) is 31.5 Å². The second-order valence-electron chi connectivity index (χ2n) is 7.70. The number of fused-ring (bicyclic) bond motifs is 1. The molecule has 1 aliphatic heterocycles. The maximum Gasteiger partial charge on any atom is 0.222 e. The Kier molecular flexibility index (Phi) is 5.49. The Bertz CT molecular complexity index is 1020. The Labute approximate surface area is 169 Å².